The van der Waals surface area contributed by atoms with Crippen LogP contribution in [0.4, 0.5) is 10.1 Å². The van der Waals surface area contributed by atoms with Crippen molar-refractivity contribution in [2.24, 2.45) is 5.10 Å². The molecule has 5 aromatic rings. The van der Waals surface area contributed by atoms with E-state index in [0.29, 0.717) is 35.4 Å². The van der Waals surface area contributed by atoms with Gasteiger partial charge in [-0.25, -0.2) is 9.40 Å². The monoisotopic (exact) mass is 685 g/mol. The second-order valence-corrected chi connectivity index (χ2v) is 12.4. The van der Waals surface area contributed by atoms with Crippen molar-refractivity contribution in [1.29, 1.82) is 0 Å². The molecule has 0 aliphatic carbocycles. The minimum absolute atomic E-state index is 0.0161. The molecule has 0 saturated heterocycles. The number of carbonyl (C=O) groups excluding carboxylic acids is 2. The van der Waals surface area contributed by atoms with Crippen LogP contribution in [0.1, 0.15) is 46.0 Å². The first-order valence-electron chi connectivity index (χ1n) is 14.8. The fourth-order valence-corrected chi connectivity index (χ4v) is 6.63. The van der Waals surface area contributed by atoms with E-state index >= 15 is 0 Å². The molecule has 1 atom stereocenters. The van der Waals surface area contributed by atoms with Crippen molar-refractivity contribution >= 4 is 46.3 Å². The Morgan fingerprint density at radius 2 is 1.81 bits per heavy atom. The van der Waals surface area contributed by atoms with Crippen LogP contribution in [-0.2, 0) is 11.3 Å². The molecule has 48 heavy (non-hydrogen) atoms. The Bertz CT molecular complexity index is 1950. The molecular formula is C33H28FN7O5S2. The van der Waals surface area contributed by atoms with Crippen LogP contribution in [0.2, 0.25) is 0 Å². The van der Waals surface area contributed by atoms with Crippen molar-refractivity contribution in [3.63, 3.8) is 0 Å². The van der Waals surface area contributed by atoms with E-state index in [1.807, 2.05) is 36.6 Å². The SMILES string of the molecule is CCOc1ccc(-n2c(CNC(=O)c3ccc([N+](=O)[O-])cc3)nnc2SCC(=O)N2N=C(c3cccs3)CC2c2ccc(F)cc2)cc1. The van der Waals surface area contributed by atoms with Gasteiger partial charge in [-0.15, -0.1) is 21.5 Å². The number of aromatic nitrogens is 3. The van der Waals surface area contributed by atoms with E-state index in [4.69, 9.17) is 9.84 Å². The zero-order chi connectivity index (χ0) is 33.6. The number of amides is 2. The van der Waals surface area contributed by atoms with E-state index in [1.165, 1.54) is 64.5 Å². The van der Waals surface area contributed by atoms with Crippen LogP contribution in [0.3, 0.4) is 0 Å². The molecular weight excluding hydrogens is 658 g/mol. The smallest absolute Gasteiger partial charge is 0.269 e. The molecule has 12 nitrogen and oxygen atoms in total. The minimum atomic E-state index is -0.535. The first-order valence-corrected chi connectivity index (χ1v) is 16.7. The summed E-state index contributed by atoms with van der Waals surface area (Å²) >= 11 is 2.70. The van der Waals surface area contributed by atoms with Gasteiger partial charge in [0.2, 0.25) is 0 Å². The summed E-state index contributed by atoms with van der Waals surface area (Å²) in [6.45, 7) is 2.37. The third kappa shape index (κ3) is 7.26. The van der Waals surface area contributed by atoms with Gasteiger partial charge in [0.15, 0.2) is 11.0 Å². The number of nitrogens with zero attached hydrogens (tertiary/aromatic N) is 6. The predicted molar refractivity (Wildman–Crippen MR) is 179 cm³/mol. The van der Waals surface area contributed by atoms with Gasteiger partial charge in [-0.05, 0) is 72.5 Å². The van der Waals surface area contributed by atoms with E-state index in [2.05, 4.69) is 15.5 Å². The maximum Gasteiger partial charge on any atom is 0.269 e. The fourth-order valence-electron chi connectivity index (χ4n) is 5.09. The number of halogens is 1. The quantitative estimate of drug-likeness (QED) is 0.0932. The van der Waals surface area contributed by atoms with Crippen LogP contribution in [0.25, 0.3) is 5.69 Å². The summed E-state index contributed by atoms with van der Waals surface area (Å²) in [5.41, 5.74) is 2.36. The summed E-state index contributed by atoms with van der Waals surface area (Å²) in [6.07, 6.45) is 0.490. The Morgan fingerprint density at radius 3 is 2.48 bits per heavy atom. The molecule has 0 fully saturated rings. The highest BCUT2D eigenvalue weighted by molar-refractivity contribution is 7.99. The van der Waals surface area contributed by atoms with Crippen LogP contribution in [-0.4, -0.2) is 54.6 Å². The molecule has 0 spiro atoms. The molecule has 1 aliphatic heterocycles. The Morgan fingerprint density at radius 1 is 1.06 bits per heavy atom. The average molecular weight is 686 g/mol. The lowest BCUT2D eigenvalue weighted by Crippen LogP contribution is -2.28. The van der Waals surface area contributed by atoms with Crippen molar-refractivity contribution in [2.75, 3.05) is 12.4 Å². The predicted octanol–water partition coefficient (Wildman–Crippen LogP) is 6.17. The zero-order valence-corrected chi connectivity index (χ0v) is 27.1. The fraction of sp³-hybridized carbons (Fsp3) is 0.182. The Hall–Kier alpha value is -5.41. The highest BCUT2D eigenvalue weighted by atomic mass is 32.2. The molecule has 3 aromatic carbocycles. The van der Waals surface area contributed by atoms with Gasteiger partial charge in [-0.2, -0.15) is 5.10 Å². The Kier molecular flexibility index (Phi) is 9.87. The molecule has 0 bridgehead atoms. The van der Waals surface area contributed by atoms with Crippen molar-refractivity contribution in [3.8, 4) is 11.4 Å². The highest BCUT2D eigenvalue weighted by Gasteiger charge is 2.34. The van der Waals surface area contributed by atoms with Gasteiger partial charge in [-0.1, -0.05) is 30.0 Å². The van der Waals surface area contributed by atoms with Crippen LogP contribution >= 0.6 is 23.1 Å². The summed E-state index contributed by atoms with van der Waals surface area (Å²) in [5, 5.41) is 30.9. The molecule has 1 N–H and O–H groups in total. The summed E-state index contributed by atoms with van der Waals surface area (Å²) in [4.78, 5) is 38.0. The number of benzene rings is 3. The van der Waals surface area contributed by atoms with Gasteiger partial charge in [0.05, 0.1) is 40.5 Å². The molecule has 2 aromatic heterocycles. The third-order valence-electron chi connectivity index (χ3n) is 7.40. The van der Waals surface area contributed by atoms with E-state index in [1.54, 1.807) is 28.8 Å². The molecule has 244 valence electrons. The third-order valence-corrected chi connectivity index (χ3v) is 9.24. The first-order chi connectivity index (χ1) is 23.3. The van der Waals surface area contributed by atoms with Gasteiger partial charge >= 0.3 is 0 Å². The van der Waals surface area contributed by atoms with Crippen LogP contribution in [0.15, 0.2) is 101 Å². The van der Waals surface area contributed by atoms with Gasteiger partial charge in [-0.3, -0.25) is 24.3 Å². The van der Waals surface area contributed by atoms with E-state index in [0.717, 1.165) is 16.2 Å². The highest BCUT2D eigenvalue weighted by Crippen LogP contribution is 2.35. The van der Waals surface area contributed by atoms with E-state index in [-0.39, 0.29) is 35.3 Å². The summed E-state index contributed by atoms with van der Waals surface area (Å²) < 4.78 is 21.1. The molecule has 1 aliphatic rings. The van der Waals surface area contributed by atoms with Crippen LogP contribution in [0.5, 0.6) is 5.75 Å². The number of carbonyl (C=O) groups is 2. The number of nitro benzene ring substituents is 1. The lowest BCUT2D eigenvalue weighted by molar-refractivity contribution is -0.384. The lowest BCUT2D eigenvalue weighted by Gasteiger charge is -2.22. The van der Waals surface area contributed by atoms with Gasteiger partial charge in [0.25, 0.3) is 17.5 Å². The summed E-state index contributed by atoms with van der Waals surface area (Å²) in [5.74, 6) is -0.0351. The largest absolute Gasteiger partial charge is 0.494 e. The number of rotatable bonds is 12. The topological polar surface area (TPSA) is 145 Å². The number of ether oxygens (including phenoxy) is 1. The maximum atomic E-state index is 13.7. The van der Waals surface area contributed by atoms with Crippen LogP contribution < -0.4 is 10.1 Å². The van der Waals surface area contributed by atoms with Gasteiger partial charge < -0.3 is 10.1 Å². The minimum Gasteiger partial charge on any atom is -0.494 e. The number of hydrogen-bond acceptors (Lipinski definition) is 10. The molecule has 0 radical (unpaired) electrons. The Labute approximate surface area is 282 Å². The average Bonchev–Trinajstić information content (AvgIpc) is 3.88. The Balaban J connectivity index is 1.23. The van der Waals surface area contributed by atoms with Crippen molar-refractivity contribution in [1.82, 2.24) is 25.1 Å². The number of nitrogens with one attached hydrogen (secondary N) is 1. The first kappa shape index (κ1) is 32.5. The zero-order valence-electron chi connectivity index (χ0n) is 25.5. The molecule has 6 rings (SSSR count). The van der Waals surface area contributed by atoms with Gasteiger partial charge in [0.1, 0.15) is 11.6 Å². The number of hydrazone groups is 1. The number of non-ortho nitro benzene ring substituents is 1. The van der Waals surface area contributed by atoms with Crippen LogP contribution in [0, 0.1) is 15.9 Å². The summed E-state index contributed by atoms with van der Waals surface area (Å²) in [6, 6.07) is 22.1. The lowest BCUT2D eigenvalue weighted by atomic mass is 10.0. The number of thiophene rings is 1. The maximum absolute atomic E-state index is 13.7. The molecule has 2 amide bonds. The van der Waals surface area contributed by atoms with Crippen molar-refractivity contribution in [2.45, 2.75) is 31.1 Å². The van der Waals surface area contributed by atoms with Gasteiger partial charge in [0, 0.05) is 29.8 Å². The standard InChI is InChI=1S/C33H28FN7O5S2/c1-2-46-26-15-13-24(14-16-26)39-30(19-35-32(43)22-7-11-25(12-8-22)41(44)45)36-37-33(39)48-20-31(42)40-28(21-5-9-23(34)10-6-21)18-27(38-40)29-4-3-17-47-29/h3-17,28H,2,18-20H2,1H3,(H,35,43). The number of hydrogen-bond donors (Lipinski definition) is 1. The molecule has 1 unspecified atom stereocenters. The molecule has 3 heterocycles. The molecule has 0 saturated carbocycles. The van der Waals surface area contributed by atoms with E-state index in [9.17, 15) is 24.1 Å². The van der Waals surface area contributed by atoms with Crippen molar-refractivity contribution < 1.29 is 23.6 Å². The second-order valence-electron chi connectivity index (χ2n) is 10.5. The van der Waals surface area contributed by atoms with E-state index < -0.39 is 16.9 Å². The normalized spacial score (nSPS) is 14.1. The number of thioether (sulfide) groups is 1. The summed E-state index contributed by atoms with van der Waals surface area (Å²) in [7, 11) is 0. The second kappa shape index (κ2) is 14.6. The molecule has 15 heteroatoms. The van der Waals surface area contributed by atoms with Crippen molar-refractivity contribution in [3.05, 3.63) is 128 Å². The number of nitro groups is 1.